The van der Waals surface area contributed by atoms with Gasteiger partial charge >= 0.3 is 0 Å². The fourth-order valence-electron chi connectivity index (χ4n) is 3.96. The molecule has 1 aromatic heterocycles. The van der Waals surface area contributed by atoms with Gasteiger partial charge in [-0.05, 0) is 55.6 Å². The van der Waals surface area contributed by atoms with Gasteiger partial charge in [0.1, 0.15) is 11.3 Å². The van der Waals surface area contributed by atoms with E-state index in [1.807, 2.05) is 18.2 Å². The molecule has 134 valence electrons. The largest absolute Gasteiger partial charge is 0.494 e. The second-order valence-corrected chi connectivity index (χ2v) is 8.21. The highest BCUT2D eigenvalue weighted by molar-refractivity contribution is 5.93. The Bertz CT molecular complexity index is 801. The number of fused-ring (bicyclic) bond motifs is 1. The Hall–Kier alpha value is -2.04. The van der Waals surface area contributed by atoms with Crippen LogP contribution in [0.2, 0.25) is 0 Å². The first kappa shape index (κ1) is 16.4. The first-order chi connectivity index (χ1) is 12.0. The second-order valence-electron chi connectivity index (χ2n) is 8.21. The molecule has 5 nitrogen and oxygen atoms in total. The van der Waals surface area contributed by atoms with Crippen LogP contribution >= 0.6 is 0 Å². The maximum absolute atomic E-state index is 12.7. The summed E-state index contributed by atoms with van der Waals surface area (Å²) >= 11 is 0. The van der Waals surface area contributed by atoms with Gasteiger partial charge in [-0.1, -0.05) is 19.9 Å². The number of benzene rings is 1. The lowest BCUT2D eigenvalue weighted by atomic mass is 9.83. The molecular formula is C20H27N3O2. The van der Waals surface area contributed by atoms with Gasteiger partial charge in [0.2, 0.25) is 11.9 Å². The van der Waals surface area contributed by atoms with Crippen LogP contribution in [0.4, 0.5) is 5.95 Å². The third-order valence-corrected chi connectivity index (χ3v) is 5.88. The van der Waals surface area contributed by atoms with Gasteiger partial charge in [-0.3, -0.25) is 10.1 Å². The monoisotopic (exact) mass is 341 g/mol. The van der Waals surface area contributed by atoms with Crippen molar-refractivity contribution in [3.8, 4) is 5.75 Å². The van der Waals surface area contributed by atoms with Crippen LogP contribution in [0.5, 0.6) is 5.75 Å². The van der Waals surface area contributed by atoms with Gasteiger partial charge in [0.15, 0.2) is 0 Å². The molecule has 0 unspecified atom stereocenters. The molecule has 2 fully saturated rings. The van der Waals surface area contributed by atoms with Crippen LogP contribution in [0.3, 0.4) is 0 Å². The van der Waals surface area contributed by atoms with Crippen LogP contribution in [0.1, 0.15) is 58.4 Å². The number of anilines is 1. The lowest BCUT2D eigenvalue weighted by Crippen LogP contribution is -2.26. The van der Waals surface area contributed by atoms with Crippen LogP contribution in [-0.2, 0) is 4.79 Å². The maximum atomic E-state index is 12.7. The van der Waals surface area contributed by atoms with E-state index in [1.54, 1.807) is 7.11 Å². The fraction of sp³-hybridized carbons (Fsp3) is 0.600. The molecular weight excluding hydrogens is 314 g/mol. The summed E-state index contributed by atoms with van der Waals surface area (Å²) in [6.07, 6.45) is 6.51. The molecule has 1 amide bonds. The fourth-order valence-corrected chi connectivity index (χ4v) is 3.96. The topological polar surface area (TPSA) is 56.1 Å². The lowest BCUT2D eigenvalue weighted by Gasteiger charge is -2.29. The van der Waals surface area contributed by atoms with Crippen molar-refractivity contribution < 1.29 is 9.53 Å². The molecule has 1 heterocycles. The summed E-state index contributed by atoms with van der Waals surface area (Å²) in [5.41, 5.74) is 1.93. The van der Waals surface area contributed by atoms with Crippen molar-refractivity contribution in [1.29, 1.82) is 0 Å². The molecule has 4 rings (SSSR count). The van der Waals surface area contributed by atoms with Gasteiger partial charge in [0.25, 0.3) is 0 Å². The standard InChI is InChI=1S/C20H27N3O2/c1-20(2,13-10-11-13)12-17(24)22-19-21-15-8-5-9-16(25-3)18(15)23(19)14-6-4-7-14/h5,8-9,13-14H,4,6-7,10-12H2,1-3H3,(H,21,22,24). The first-order valence-electron chi connectivity index (χ1n) is 9.34. The zero-order valence-corrected chi connectivity index (χ0v) is 15.3. The van der Waals surface area contributed by atoms with Crippen LogP contribution in [0, 0.1) is 11.3 Å². The normalized spacial score (nSPS) is 18.2. The van der Waals surface area contributed by atoms with Crippen molar-refractivity contribution in [2.45, 2.75) is 58.4 Å². The van der Waals surface area contributed by atoms with E-state index in [0.29, 0.717) is 24.3 Å². The molecule has 5 heteroatoms. The third kappa shape index (κ3) is 3.00. The Balaban J connectivity index is 1.65. The van der Waals surface area contributed by atoms with Crippen LogP contribution in [-0.4, -0.2) is 22.6 Å². The quantitative estimate of drug-likeness (QED) is 0.839. The number of ether oxygens (including phenoxy) is 1. The summed E-state index contributed by atoms with van der Waals surface area (Å²) in [6, 6.07) is 6.28. The second kappa shape index (κ2) is 6.04. The van der Waals surface area contributed by atoms with Gasteiger partial charge in [-0.25, -0.2) is 4.98 Å². The van der Waals surface area contributed by atoms with Crippen molar-refractivity contribution in [3.05, 3.63) is 18.2 Å². The number of carbonyl (C=O) groups is 1. The molecule has 0 spiro atoms. The molecule has 1 aromatic carbocycles. The molecule has 2 saturated carbocycles. The number of carbonyl (C=O) groups excluding carboxylic acids is 1. The summed E-state index contributed by atoms with van der Waals surface area (Å²) in [5, 5.41) is 3.10. The van der Waals surface area contributed by atoms with Crippen molar-refractivity contribution in [2.75, 3.05) is 12.4 Å². The molecule has 0 aliphatic heterocycles. The van der Waals surface area contributed by atoms with Crippen LogP contribution in [0.15, 0.2) is 18.2 Å². The predicted molar refractivity (Wildman–Crippen MR) is 98.9 cm³/mol. The van der Waals surface area contributed by atoms with Crippen LogP contribution in [0.25, 0.3) is 11.0 Å². The van der Waals surface area contributed by atoms with E-state index in [-0.39, 0.29) is 11.3 Å². The number of rotatable bonds is 6. The van der Waals surface area contributed by atoms with Crippen LogP contribution < -0.4 is 10.1 Å². The smallest absolute Gasteiger partial charge is 0.227 e. The molecule has 0 bridgehead atoms. The minimum Gasteiger partial charge on any atom is -0.494 e. The van der Waals surface area contributed by atoms with E-state index >= 15 is 0 Å². The Labute approximate surface area is 148 Å². The third-order valence-electron chi connectivity index (χ3n) is 5.88. The number of imidazole rings is 1. The Morgan fingerprint density at radius 2 is 2.08 bits per heavy atom. The maximum Gasteiger partial charge on any atom is 0.227 e. The number of nitrogens with one attached hydrogen (secondary N) is 1. The van der Waals surface area contributed by atoms with E-state index in [9.17, 15) is 4.79 Å². The number of para-hydroxylation sites is 1. The number of hydrogen-bond donors (Lipinski definition) is 1. The Kier molecular flexibility index (Phi) is 3.97. The molecule has 2 aromatic rings. The highest BCUT2D eigenvalue weighted by Gasteiger charge is 2.39. The van der Waals surface area contributed by atoms with Gasteiger partial charge in [0.05, 0.1) is 12.6 Å². The van der Waals surface area contributed by atoms with E-state index in [4.69, 9.17) is 9.72 Å². The lowest BCUT2D eigenvalue weighted by molar-refractivity contribution is -0.118. The summed E-state index contributed by atoms with van der Waals surface area (Å²) in [7, 11) is 1.68. The van der Waals surface area contributed by atoms with Crippen molar-refractivity contribution >= 4 is 22.9 Å². The van der Waals surface area contributed by atoms with E-state index in [2.05, 4.69) is 23.7 Å². The number of aromatic nitrogens is 2. The highest BCUT2D eigenvalue weighted by atomic mass is 16.5. The Morgan fingerprint density at radius 1 is 1.32 bits per heavy atom. The summed E-state index contributed by atoms with van der Waals surface area (Å²) < 4.78 is 7.73. The SMILES string of the molecule is COc1cccc2nc(NC(=O)CC(C)(C)C3CC3)n(C3CCC3)c12. The zero-order valence-electron chi connectivity index (χ0n) is 15.3. The number of amides is 1. The van der Waals surface area contributed by atoms with Crippen molar-refractivity contribution in [3.63, 3.8) is 0 Å². The molecule has 0 atom stereocenters. The highest BCUT2D eigenvalue weighted by Crippen LogP contribution is 2.47. The summed E-state index contributed by atoms with van der Waals surface area (Å²) in [5.74, 6) is 2.23. The average Bonchev–Trinajstić information content (AvgIpc) is 3.30. The number of hydrogen-bond acceptors (Lipinski definition) is 3. The van der Waals surface area contributed by atoms with Gasteiger partial charge < -0.3 is 9.30 Å². The molecule has 25 heavy (non-hydrogen) atoms. The minimum absolute atomic E-state index is 0.0618. The number of methoxy groups -OCH3 is 1. The first-order valence-corrected chi connectivity index (χ1v) is 9.34. The molecule has 1 N–H and O–H groups in total. The summed E-state index contributed by atoms with van der Waals surface area (Å²) in [4.78, 5) is 17.4. The zero-order chi connectivity index (χ0) is 17.6. The van der Waals surface area contributed by atoms with E-state index in [1.165, 1.54) is 19.3 Å². The molecule has 0 saturated heterocycles. The van der Waals surface area contributed by atoms with Gasteiger partial charge in [-0.15, -0.1) is 0 Å². The van der Waals surface area contributed by atoms with E-state index < -0.39 is 0 Å². The van der Waals surface area contributed by atoms with Gasteiger partial charge in [-0.2, -0.15) is 0 Å². The molecule has 2 aliphatic carbocycles. The molecule has 0 radical (unpaired) electrons. The van der Waals surface area contributed by atoms with E-state index in [0.717, 1.165) is 29.6 Å². The van der Waals surface area contributed by atoms with Crippen molar-refractivity contribution in [2.24, 2.45) is 11.3 Å². The summed E-state index contributed by atoms with van der Waals surface area (Å²) in [6.45, 7) is 4.39. The van der Waals surface area contributed by atoms with Crippen molar-refractivity contribution in [1.82, 2.24) is 9.55 Å². The average molecular weight is 341 g/mol. The predicted octanol–water partition coefficient (Wildman–Crippen LogP) is 4.53. The molecule has 2 aliphatic rings. The Morgan fingerprint density at radius 3 is 2.68 bits per heavy atom. The van der Waals surface area contributed by atoms with Gasteiger partial charge in [0, 0.05) is 12.5 Å². The number of nitrogens with zero attached hydrogens (tertiary/aromatic N) is 2. The minimum atomic E-state index is 0.0618.